The number of rotatable bonds is 5. The molecule has 0 saturated carbocycles. The van der Waals surface area contributed by atoms with Crippen molar-refractivity contribution in [1.29, 1.82) is 0 Å². The van der Waals surface area contributed by atoms with Gasteiger partial charge >= 0.3 is 0 Å². The van der Waals surface area contributed by atoms with Gasteiger partial charge in [-0.15, -0.1) is 11.3 Å². The highest BCUT2D eigenvalue weighted by atomic mass is 32.1. The molecule has 1 unspecified atom stereocenters. The van der Waals surface area contributed by atoms with E-state index in [-0.39, 0.29) is 18.4 Å². The summed E-state index contributed by atoms with van der Waals surface area (Å²) >= 11 is 1.59. The highest BCUT2D eigenvalue weighted by Crippen LogP contribution is 2.36. The lowest BCUT2D eigenvalue weighted by Crippen LogP contribution is -2.22. The van der Waals surface area contributed by atoms with E-state index in [9.17, 15) is 4.39 Å². The summed E-state index contributed by atoms with van der Waals surface area (Å²) in [6, 6.07) is 6.27. The lowest BCUT2D eigenvalue weighted by molar-refractivity contribution is 0.271. The second kappa shape index (κ2) is 6.56. The molecule has 8 heteroatoms. The van der Waals surface area contributed by atoms with Gasteiger partial charge in [0.1, 0.15) is 6.04 Å². The topological polar surface area (TPSA) is 64.3 Å². The van der Waals surface area contributed by atoms with Crippen molar-refractivity contribution in [2.75, 3.05) is 11.4 Å². The molecule has 3 heterocycles. The van der Waals surface area contributed by atoms with Gasteiger partial charge in [0, 0.05) is 18.1 Å². The van der Waals surface area contributed by atoms with Crippen LogP contribution in [0.5, 0.6) is 5.75 Å². The van der Waals surface area contributed by atoms with Crippen molar-refractivity contribution >= 4 is 16.5 Å². The molecule has 0 amide bonds. The summed E-state index contributed by atoms with van der Waals surface area (Å²) in [5.41, 5.74) is 0. The fourth-order valence-corrected chi connectivity index (χ4v) is 3.49. The molecule has 1 atom stereocenters. The molecule has 0 aliphatic carbocycles. The quantitative estimate of drug-likeness (QED) is 0.703. The van der Waals surface area contributed by atoms with Crippen LogP contribution in [0.25, 0.3) is 0 Å². The molecule has 24 heavy (non-hydrogen) atoms. The summed E-state index contributed by atoms with van der Waals surface area (Å²) in [5, 5.41) is 6.85. The minimum atomic E-state index is -0.410. The van der Waals surface area contributed by atoms with Crippen molar-refractivity contribution < 1.29 is 13.7 Å². The van der Waals surface area contributed by atoms with Crippen LogP contribution in [0.1, 0.15) is 30.6 Å². The molecule has 0 radical (unpaired) electrons. The first-order chi connectivity index (χ1) is 11.8. The Hall–Kier alpha value is -2.48. The maximum absolute atomic E-state index is 13.5. The van der Waals surface area contributed by atoms with Crippen LogP contribution < -0.4 is 9.64 Å². The first-order valence-corrected chi connectivity index (χ1v) is 8.55. The Morgan fingerprint density at radius 2 is 2.29 bits per heavy atom. The average molecular weight is 346 g/mol. The van der Waals surface area contributed by atoms with Crippen molar-refractivity contribution in [3.63, 3.8) is 0 Å². The number of halogens is 1. The molecule has 0 spiro atoms. The molecule has 4 rings (SSSR count). The number of anilines is 1. The third-order valence-electron chi connectivity index (χ3n) is 3.88. The number of thiazole rings is 1. The van der Waals surface area contributed by atoms with Gasteiger partial charge in [0.2, 0.25) is 11.7 Å². The van der Waals surface area contributed by atoms with Gasteiger partial charge in [0.25, 0.3) is 0 Å². The van der Waals surface area contributed by atoms with E-state index in [4.69, 9.17) is 9.26 Å². The zero-order valence-corrected chi connectivity index (χ0v) is 13.6. The van der Waals surface area contributed by atoms with Gasteiger partial charge < -0.3 is 14.2 Å². The highest BCUT2D eigenvalue weighted by molar-refractivity contribution is 7.13. The molecular formula is C16H15FN4O2S. The standard InChI is InChI=1S/C16H15FN4O2S/c17-11-4-1-2-6-13(11)22-10-14-19-15(23-20-14)12-5-3-8-21(12)16-18-7-9-24-16/h1-2,4,6-7,9,12H,3,5,8,10H2. The van der Waals surface area contributed by atoms with Gasteiger partial charge in [0.05, 0.1) is 0 Å². The highest BCUT2D eigenvalue weighted by Gasteiger charge is 2.32. The van der Waals surface area contributed by atoms with E-state index in [2.05, 4.69) is 20.0 Å². The van der Waals surface area contributed by atoms with Gasteiger partial charge in [-0.05, 0) is 25.0 Å². The van der Waals surface area contributed by atoms with Gasteiger partial charge in [-0.2, -0.15) is 4.98 Å². The van der Waals surface area contributed by atoms with Crippen molar-refractivity contribution in [2.45, 2.75) is 25.5 Å². The van der Waals surface area contributed by atoms with E-state index < -0.39 is 5.82 Å². The molecule has 1 aromatic carbocycles. The van der Waals surface area contributed by atoms with E-state index in [1.807, 2.05) is 5.38 Å². The third-order valence-corrected chi connectivity index (χ3v) is 4.69. The molecule has 1 aliphatic heterocycles. The average Bonchev–Trinajstić information content (AvgIpc) is 3.33. The number of ether oxygens (including phenoxy) is 1. The van der Waals surface area contributed by atoms with Crippen molar-refractivity contribution in [3.8, 4) is 5.75 Å². The van der Waals surface area contributed by atoms with Crippen LogP contribution in [-0.2, 0) is 6.61 Å². The number of benzene rings is 1. The maximum Gasteiger partial charge on any atom is 0.249 e. The summed E-state index contributed by atoms with van der Waals surface area (Å²) in [4.78, 5) is 10.9. The van der Waals surface area contributed by atoms with Gasteiger partial charge in [0.15, 0.2) is 23.3 Å². The predicted molar refractivity (Wildman–Crippen MR) is 86.5 cm³/mol. The molecule has 1 aliphatic rings. The van der Waals surface area contributed by atoms with Crippen LogP contribution in [0, 0.1) is 5.82 Å². The Balaban J connectivity index is 1.46. The van der Waals surface area contributed by atoms with Crippen LogP contribution in [-0.4, -0.2) is 21.7 Å². The minimum Gasteiger partial charge on any atom is -0.482 e. The molecule has 124 valence electrons. The summed E-state index contributed by atoms with van der Waals surface area (Å²) < 4.78 is 24.4. The zero-order valence-electron chi connectivity index (χ0n) is 12.8. The number of nitrogens with zero attached hydrogens (tertiary/aromatic N) is 4. The smallest absolute Gasteiger partial charge is 0.249 e. The SMILES string of the molecule is Fc1ccccc1OCc1noc(C2CCCN2c2nccs2)n1. The predicted octanol–water partition coefficient (Wildman–Crippen LogP) is 3.59. The van der Waals surface area contributed by atoms with E-state index >= 15 is 0 Å². The summed E-state index contributed by atoms with van der Waals surface area (Å²) in [6.45, 7) is 0.982. The monoisotopic (exact) mass is 346 g/mol. The lowest BCUT2D eigenvalue weighted by atomic mass is 10.2. The van der Waals surface area contributed by atoms with E-state index in [0.717, 1.165) is 24.5 Å². The van der Waals surface area contributed by atoms with Crippen LogP contribution in [0.3, 0.4) is 0 Å². The van der Waals surface area contributed by atoms with Crippen molar-refractivity contribution in [3.05, 3.63) is 53.4 Å². The number of aromatic nitrogens is 3. The molecule has 0 bridgehead atoms. The molecule has 2 aromatic heterocycles. The number of hydrogen-bond donors (Lipinski definition) is 0. The van der Waals surface area contributed by atoms with Crippen LogP contribution in [0.2, 0.25) is 0 Å². The molecule has 0 N–H and O–H groups in total. The lowest BCUT2D eigenvalue weighted by Gasteiger charge is -2.20. The first kappa shape index (κ1) is 15.1. The minimum absolute atomic E-state index is 0.0332. The normalized spacial score (nSPS) is 17.4. The summed E-state index contributed by atoms with van der Waals surface area (Å²) in [6.07, 6.45) is 3.78. The second-order valence-electron chi connectivity index (χ2n) is 5.43. The maximum atomic E-state index is 13.5. The van der Waals surface area contributed by atoms with Crippen molar-refractivity contribution in [1.82, 2.24) is 15.1 Å². The van der Waals surface area contributed by atoms with Crippen LogP contribution in [0.4, 0.5) is 9.52 Å². The van der Waals surface area contributed by atoms with Gasteiger partial charge in [-0.1, -0.05) is 17.3 Å². The summed E-state index contributed by atoms with van der Waals surface area (Å²) in [5.74, 6) is 0.718. The third kappa shape index (κ3) is 2.96. The Labute approximate surface area is 141 Å². The number of para-hydroxylation sites is 1. The number of hydrogen-bond acceptors (Lipinski definition) is 7. The second-order valence-corrected chi connectivity index (χ2v) is 6.31. The largest absolute Gasteiger partial charge is 0.482 e. The van der Waals surface area contributed by atoms with Crippen LogP contribution in [0.15, 0.2) is 40.4 Å². The Morgan fingerprint density at radius 1 is 1.38 bits per heavy atom. The molecule has 6 nitrogen and oxygen atoms in total. The Bertz CT molecular complexity index is 808. The van der Waals surface area contributed by atoms with Crippen molar-refractivity contribution in [2.24, 2.45) is 0 Å². The fraction of sp³-hybridized carbons (Fsp3) is 0.312. The van der Waals surface area contributed by atoms with E-state index in [1.54, 1.807) is 35.7 Å². The van der Waals surface area contributed by atoms with Crippen LogP contribution >= 0.6 is 11.3 Å². The first-order valence-electron chi connectivity index (χ1n) is 7.67. The molecule has 1 fully saturated rings. The Kier molecular flexibility index (Phi) is 4.12. The van der Waals surface area contributed by atoms with Gasteiger partial charge in [-0.3, -0.25) is 0 Å². The van der Waals surface area contributed by atoms with Gasteiger partial charge in [-0.25, -0.2) is 9.37 Å². The molecule has 3 aromatic rings. The Morgan fingerprint density at radius 3 is 3.12 bits per heavy atom. The molecular weight excluding hydrogens is 331 g/mol. The zero-order chi connectivity index (χ0) is 16.4. The summed E-state index contributed by atoms with van der Waals surface area (Å²) in [7, 11) is 0. The fourth-order valence-electron chi connectivity index (χ4n) is 2.78. The van der Waals surface area contributed by atoms with E-state index in [1.165, 1.54) is 6.07 Å². The molecule has 1 saturated heterocycles. The van der Waals surface area contributed by atoms with E-state index in [0.29, 0.717) is 11.7 Å².